The van der Waals surface area contributed by atoms with E-state index in [-0.39, 0.29) is 22.8 Å². The standard InChI is InChI=1S/C19H22F2N4O/c1-2-16-22-17(24-23-16)14-10-25(11-19(14)7-3-4-8-19)18(26)13-6-5-12(20)9-15(13)21/h5-6,9,14H,2-4,7-8,10-11H2,1H3,(H,22,23,24). The summed E-state index contributed by atoms with van der Waals surface area (Å²) in [6, 6.07) is 3.11. The number of hydrogen-bond donors (Lipinski definition) is 1. The Kier molecular flexibility index (Phi) is 4.25. The normalized spacial score (nSPS) is 21.7. The van der Waals surface area contributed by atoms with Crippen molar-refractivity contribution in [1.29, 1.82) is 0 Å². The molecule has 1 atom stereocenters. The first-order chi connectivity index (χ1) is 12.5. The third kappa shape index (κ3) is 2.79. The second-order valence-electron chi connectivity index (χ2n) is 7.43. The maximum Gasteiger partial charge on any atom is 0.256 e. The maximum absolute atomic E-state index is 14.1. The van der Waals surface area contributed by atoms with Crippen LogP contribution in [0.4, 0.5) is 8.78 Å². The van der Waals surface area contributed by atoms with Gasteiger partial charge in [-0.15, -0.1) is 0 Å². The number of nitrogens with one attached hydrogen (secondary N) is 1. The van der Waals surface area contributed by atoms with Crippen molar-refractivity contribution in [3.8, 4) is 0 Å². The molecule has 1 aromatic heterocycles. The van der Waals surface area contributed by atoms with Crippen molar-refractivity contribution in [2.45, 2.75) is 44.9 Å². The molecule has 26 heavy (non-hydrogen) atoms. The SMILES string of the molecule is CCc1nc(C2CN(C(=O)c3ccc(F)cc3F)CC23CCCC3)n[nH]1. The number of carbonyl (C=O) groups excluding carboxylic acids is 1. The maximum atomic E-state index is 14.1. The first-order valence-corrected chi connectivity index (χ1v) is 9.18. The molecule has 7 heteroatoms. The summed E-state index contributed by atoms with van der Waals surface area (Å²) in [6.45, 7) is 3.05. The molecule has 138 valence electrons. The van der Waals surface area contributed by atoms with Gasteiger partial charge < -0.3 is 4.90 Å². The third-order valence-corrected chi connectivity index (χ3v) is 5.89. The molecule has 0 bridgehead atoms. The van der Waals surface area contributed by atoms with Crippen LogP contribution < -0.4 is 0 Å². The number of benzene rings is 1. The number of halogens is 2. The van der Waals surface area contributed by atoms with Gasteiger partial charge in [0.25, 0.3) is 5.91 Å². The zero-order valence-electron chi connectivity index (χ0n) is 14.8. The van der Waals surface area contributed by atoms with Crippen LogP contribution in [0.1, 0.15) is 60.5 Å². The highest BCUT2D eigenvalue weighted by Crippen LogP contribution is 2.52. The van der Waals surface area contributed by atoms with E-state index in [1.165, 1.54) is 6.07 Å². The Hall–Kier alpha value is -2.31. The molecule has 2 fully saturated rings. The summed E-state index contributed by atoms with van der Waals surface area (Å²) in [7, 11) is 0. The molecule has 1 aromatic carbocycles. The highest BCUT2D eigenvalue weighted by molar-refractivity contribution is 5.94. The zero-order chi connectivity index (χ0) is 18.3. The second kappa shape index (κ2) is 6.45. The number of aromatic amines is 1. The molecule has 1 spiro atoms. The van der Waals surface area contributed by atoms with Crippen LogP contribution in [0.25, 0.3) is 0 Å². The second-order valence-corrected chi connectivity index (χ2v) is 7.43. The van der Waals surface area contributed by atoms with E-state index in [0.29, 0.717) is 13.1 Å². The molecule has 0 radical (unpaired) electrons. The Balaban J connectivity index is 1.64. The summed E-state index contributed by atoms with van der Waals surface area (Å²) in [5.74, 6) is -0.249. The van der Waals surface area contributed by atoms with Crippen molar-refractivity contribution < 1.29 is 13.6 Å². The van der Waals surface area contributed by atoms with Crippen molar-refractivity contribution in [3.63, 3.8) is 0 Å². The Bertz CT molecular complexity index is 829. The number of amides is 1. The molecular weight excluding hydrogens is 338 g/mol. The lowest BCUT2D eigenvalue weighted by atomic mass is 9.76. The van der Waals surface area contributed by atoms with Gasteiger partial charge in [-0.1, -0.05) is 19.8 Å². The van der Waals surface area contributed by atoms with Gasteiger partial charge in [0, 0.05) is 31.5 Å². The monoisotopic (exact) mass is 360 g/mol. The van der Waals surface area contributed by atoms with Gasteiger partial charge in [-0.2, -0.15) is 5.10 Å². The molecule has 1 aliphatic heterocycles. The number of aryl methyl sites for hydroxylation is 1. The van der Waals surface area contributed by atoms with E-state index in [9.17, 15) is 13.6 Å². The van der Waals surface area contributed by atoms with E-state index in [2.05, 4.69) is 15.2 Å². The van der Waals surface area contributed by atoms with Crippen molar-refractivity contribution >= 4 is 5.91 Å². The average molecular weight is 360 g/mol. The number of hydrogen-bond acceptors (Lipinski definition) is 3. The lowest BCUT2D eigenvalue weighted by molar-refractivity contribution is 0.0768. The van der Waals surface area contributed by atoms with E-state index in [1.807, 2.05) is 6.92 Å². The summed E-state index contributed by atoms with van der Waals surface area (Å²) < 4.78 is 27.2. The van der Waals surface area contributed by atoms with Crippen molar-refractivity contribution in [3.05, 3.63) is 47.0 Å². The fourth-order valence-corrected chi connectivity index (χ4v) is 4.52. The molecule has 4 rings (SSSR count). The molecule has 2 aromatic rings. The number of carbonyl (C=O) groups is 1. The van der Waals surface area contributed by atoms with Crippen LogP contribution in [0, 0.1) is 17.0 Å². The van der Waals surface area contributed by atoms with Crippen molar-refractivity contribution in [2.24, 2.45) is 5.41 Å². The van der Waals surface area contributed by atoms with Crippen LogP contribution in [-0.2, 0) is 6.42 Å². The van der Waals surface area contributed by atoms with Crippen LogP contribution in [0.15, 0.2) is 18.2 Å². The molecule has 2 heterocycles. The molecule has 5 nitrogen and oxygen atoms in total. The van der Waals surface area contributed by atoms with Gasteiger partial charge in [0.2, 0.25) is 0 Å². The van der Waals surface area contributed by atoms with Gasteiger partial charge in [0.1, 0.15) is 17.5 Å². The molecule has 1 amide bonds. The minimum absolute atomic E-state index is 0.0423. The number of likely N-dealkylation sites (tertiary alicyclic amines) is 1. The van der Waals surface area contributed by atoms with Gasteiger partial charge in [0.15, 0.2) is 5.82 Å². The number of H-pyrrole nitrogens is 1. The summed E-state index contributed by atoms with van der Waals surface area (Å²) >= 11 is 0. The minimum atomic E-state index is -0.815. The molecular formula is C19H22F2N4O. The summed E-state index contributed by atoms with van der Waals surface area (Å²) in [4.78, 5) is 19.2. The molecule has 1 unspecified atom stereocenters. The largest absolute Gasteiger partial charge is 0.337 e. The fourth-order valence-electron chi connectivity index (χ4n) is 4.52. The zero-order valence-corrected chi connectivity index (χ0v) is 14.8. The Labute approximate surface area is 150 Å². The lowest BCUT2D eigenvalue weighted by Crippen LogP contribution is -2.31. The molecule has 1 saturated carbocycles. The Morgan fingerprint density at radius 2 is 2.12 bits per heavy atom. The van der Waals surface area contributed by atoms with Gasteiger partial charge >= 0.3 is 0 Å². The van der Waals surface area contributed by atoms with E-state index in [0.717, 1.165) is 55.9 Å². The first kappa shape index (κ1) is 17.1. The highest BCUT2D eigenvalue weighted by Gasteiger charge is 2.51. The van der Waals surface area contributed by atoms with Crippen LogP contribution in [-0.4, -0.2) is 39.1 Å². The van der Waals surface area contributed by atoms with Crippen molar-refractivity contribution in [2.75, 3.05) is 13.1 Å². The van der Waals surface area contributed by atoms with Crippen LogP contribution in [0.5, 0.6) is 0 Å². The number of aromatic nitrogens is 3. The number of nitrogens with zero attached hydrogens (tertiary/aromatic N) is 3. The van der Waals surface area contributed by atoms with E-state index in [4.69, 9.17) is 0 Å². The van der Waals surface area contributed by atoms with Crippen LogP contribution >= 0.6 is 0 Å². The van der Waals surface area contributed by atoms with E-state index < -0.39 is 11.6 Å². The fraction of sp³-hybridized carbons (Fsp3) is 0.526. The van der Waals surface area contributed by atoms with E-state index in [1.54, 1.807) is 4.90 Å². The molecule has 1 aliphatic carbocycles. The quantitative estimate of drug-likeness (QED) is 0.912. The molecule has 1 saturated heterocycles. The van der Waals surface area contributed by atoms with Gasteiger partial charge in [0.05, 0.1) is 5.56 Å². The number of rotatable bonds is 3. The summed E-state index contributed by atoms with van der Waals surface area (Å²) in [6.07, 6.45) is 5.05. The molecule has 1 N–H and O–H groups in total. The highest BCUT2D eigenvalue weighted by atomic mass is 19.1. The lowest BCUT2D eigenvalue weighted by Gasteiger charge is -2.27. The van der Waals surface area contributed by atoms with Crippen LogP contribution in [0.3, 0.4) is 0 Å². The van der Waals surface area contributed by atoms with E-state index >= 15 is 0 Å². The summed E-state index contributed by atoms with van der Waals surface area (Å²) in [5, 5.41) is 7.35. The third-order valence-electron chi connectivity index (χ3n) is 5.89. The van der Waals surface area contributed by atoms with Crippen molar-refractivity contribution in [1.82, 2.24) is 20.1 Å². The van der Waals surface area contributed by atoms with Gasteiger partial charge in [-0.05, 0) is 30.4 Å². The predicted molar refractivity (Wildman–Crippen MR) is 91.7 cm³/mol. The molecule has 2 aliphatic rings. The average Bonchev–Trinajstić information content (AvgIpc) is 3.35. The smallest absolute Gasteiger partial charge is 0.256 e. The first-order valence-electron chi connectivity index (χ1n) is 9.18. The topological polar surface area (TPSA) is 61.9 Å². The Morgan fingerprint density at radius 3 is 2.77 bits per heavy atom. The predicted octanol–water partition coefficient (Wildman–Crippen LogP) is 3.45. The minimum Gasteiger partial charge on any atom is -0.337 e. The van der Waals surface area contributed by atoms with Crippen LogP contribution in [0.2, 0.25) is 0 Å². The van der Waals surface area contributed by atoms with Gasteiger partial charge in [-0.25, -0.2) is 13.8 Å². The summed E-state index contributed by atoms with van der Waals surface area (Å²) in [5.41, 5.74) is -0.122. The Morgan fingerprint density at radius 1 is 1.35 bits per heavy atom. The van der Waals surface area contributed by atoms with Gasteiger partial charge in [-0.3, -0.25) is 9.89 Å².